The Morgan fingerprint density at radius 2 is 2.17 bits per heavy atom. The lowest BCUT2D eigenvalue weighted by Crippen LogP contribution is -2.46. The molecule has 3 atom stereocenters. The van der Waals surface area contributed by atoms with Gasteiger partial charge in [0.15, 0.2) is 11.6 Å². The Morgan fingerprint density at radius 1 is 1.33 bits per heavy atom. The SMILES string of the molecule is C[C@@H]1OCC[C@H]1NC(=O)NC[C@H]1CCN(c2ccc(F)c(F)c2)C1. The zero-order chi connectivity index (χ0) is 17.1. The molecule has 2 amide bonds. The molecule has 1 aromatic rings. The van der Waals surface area contributed by atoms with Gasteiger partial charge in [-0.15, -0.1) is 0 Å². The van der Waals surface area contributed by atoms with Gasteiger partial charge in [0.25, 0.3) is 0 Å². The lowest BCUT2D eigenvalue weighted by atomic mass is 10.1. The summed E-state index contributed by atoms with van der Waals surface area (Å²) in [5.41, 5.74) is 0.679. The minimum atomic E-state index is -0.835. The monoisotopic (exact) mass is 339 g/mol. The van der Waals surface area contributed by atoms with Crippen LogP contribution in [0.2, 0.25) is 0 Å². The standard InChI is InChI=1S/C17H23F2N3O2/c1-11-16(5-7-24-11)21-17(23)20-9-12-4-6-22(10-12)13-2-3-14(18)15(19)8-13/h2-3,8,11-12,16H,4-7,9-10H2,1H3,(H2,20,21,23)/t11-,12+,16+/m0/s1. The van der Waals surface area contributed by atoms with Crippen molar-refractivity contribution in [3.63, 3.8) is 0 Å². The lowest BCUT2D eigenvalue weighted by molar-refractivity contribution is 0.114. The summed E-state index contributed by atoms with van der Waals surface area (Å²) in [6.45, 7) is 4.68. The fourth-order valence-electron chi connectivity index (χ4n) is 3.29. The number of nitrogens with one attached hydrogen (secondary N) is 2. The number of carbonyl (C=O) groups is 1. The number of hydrogen-bond donors (Lipinski definition) is 2. The van der Waals surface area contributed by atoms with E-state index in [4.69, 9.17) is 4.74 Å². The highest BCUT2D eigenvalue weighted by Gasteiger charge is 2.27. The highest BCUT2D eigenvalue weighted by atomic mass is 19.2. The molecule has 1 aromatic carbocycles. The van der Waals surface area contributed by atoms with Crippen molar-refractivity contribution in [2.45, 2.75) is 31.9 Å². The zero-order valence-electron chi connectivity index (χ0n) is 13.7. The molecule has 2 heterocycles. The van der Waals surface area contributed by atoms with Gasteiger partial charge >= 0.3 is 6.03 Å². The Morgan fingerprint density at radius 3 is 2.88 bits per heavy atom. The van der Waals surface area contributed by atoms with Gasteiger partial charge in [-0.1, -0.05) is 0 Å². The highest BCUT2D eigenvalue weighted by Crippen LogP contribution is 2.25. The van der Waals surface area contributed by atoms with Gasteiger partial charge in [0, 0.05) is 38.0 Å². The topological polar surface area (TPSA) is 53.6 Å². The molecule has 24 heavy (non-hydrogen) atoms. The van der Waals surface area contributed by atoms with E-state index in [0.29, 0.717) is 31.3 Å². The second-order valence-electron chi connectivity index (χ2n) is 6.52. The number of rotatable bonds is 4. The van der Waals surface area contributed by atoms with Crippen LogP contribution < -0.4 is 15.5 Å². The first kappa shape index (κ1) is 17.0. The van der Waals surface area contributed by atoms with E-state index in [-0.39, 0.29) is 18.2 Å². The number of carbonyl (C=O) groups excluding carboxylic acids is 1. The highest BCUT2D eigenvalue weighted by molar-refractivity contribution is 5.74. The van der Waals surface area contributed by atoms with Crippen LogP contribution in [0.1, 0.15) is 19.8 Å². The van der Waals surface area contributed by atoms with Crippen molar-refractivity contribution in [1.82, 2.24) is 10.6 Å². The Balaban J connectivity index is 1.44. The van der Waals surface area contributed by atoms with Gasteiger partial charge < -0.3 is 20.3 Å². The van der Waals surface area contributed by atoms with Crippen LogP contribution >= 0.6 is 0 Å². The molecule has 0 radical (unpaired) electrons. The average molecular weight is 339 g/mol. The summed E-state index contributed by atoms with van der Waals surface area (Å²) in [5.74, 6) is -1.37. The predicted octanol–water partition coefficient (Wildman–Crippen LogP) is 2.27. The van der Waals surface area contributed by atoms with Crippen molar-refractivity contribution < 1.29 is 18.3 Å². The molecular weight excluding hydrogens is 316 g/mol. The van der Waals surface area contributed by atoms with Crippen molar-refractivity contribution in [3.8, 4) is 0 Å². The first-order valence-electron chi connectivity index (χ1n) is 8.39. The molecule has 0 aromatic heterocycles. The van der Waals surface area contributed by atoms with Crippen molar-refractivity contribution in [2.24, 2.45) is 5.92 Å². The Labute approximate surface area is 140 Å². The smallest absolute Gasteiger partial charge is 0.315 e. The molecular formula is C17H23F2N3O2. The van der Waals surface area contributed by atoms with Crippen LogP contribution in [-0.2, 0) is 4.74 Å². The average Bonchev–Trinajstić information content (AvgIpc) is 3.18. The largest absolute Gasteiger partial charge is 0.376 e. The molecule has 2 aliphatic rings. The first-order valence-corrected chi connectivity index (χ1v) is 8.39. The Hall–Kier alpha value is -1.89. The number of hydrogen-bond acceptors (Lipinski definition) is 3. The summed E-state index contributed by atoms with van der Waals surface area (Å²) in [7, 11) is 0. The second kappa shape index (κ2) is 7.34. The summed E-state index contributed by atoms with van der Waals surface area (Å²) < 4.78 is 31.8. The molecule has 0 bridgehead atoms. The van der Waals surface area contributed by atoms with Crippen molar-refractivity contribution in [3.05, 3.63) is 29.8 Å². The Kier molecular flexibility index (Phi) is 5.18. The molecule has 2 fully saturated rings. The molecule has 7 heteroatoms. The first-order chi connectivity index (χ1) is 11.5. The van der Waals surface area contributed by atoms with Crippen molar-refractivity contribution in [1.29, 1.82) is 0 Å². The van der Waals surface area contributed by atoms with Crippen LogP contribution in [0.25, 0.3) is 0 Å². The van der Waals surface area contributed by atoms with E-state index in [0.717, 1.165) is 25.5 Å². The van der Waals surface area contributed by atoms with Gasteiger partial charge in [-0.05, 0) is 37.8 Å². The quantitative estimate of drug-likeness (QED) is 0.885. The van der Waals surface area contributed by atoms with Crippen LogP contribution in [-0.4, -0.2) is 44.4 Å². The van der Waals surface area contributed by atoms with Crippen molar-refractivity contribution >= 4 is 11.7 Å². The Bertz CT molecular complexity index is 599. The third kappa shape index (κ3) is 3.95. The van der Waals surface area contributed by atoms with E-state index in [1.165, 1.54) is 6.07 Å². The van der Waals surface area contributed by atoms with Gasteiger partial charge in [0.05, 0.1) is 12.1 Å². The fraction of sp³-hybridized carbons (Fsp3) is 0.588. The lowest BCUT2D eigenvalue weighted by Gasteiger charge is -2.20. The maximum atomic E-state index is 13.3. The minimum Gasteiger partial charge on any atom is -0.376 e. The molecule has 0 saturated carbocycles. The molecule has 2 aliphatic heterocycles. The molecule has 0 unspecified atom stereocenters. The normalized spacial score (nSPS) is 26.6. The molecule has 132 valence electrons. The van der Waals surface area contributed by atoms with Crippen LogP contribution in [0.4, 0.5) is 19.3 Å². The summed E-state index contributed by atoms with van der Waals surface area (Å²) in [4.78, 5) is 14.0. The van der Waals surface area contributed by atoms with Gasteiger partial charge in [0.2, 0.25) is 0 Å². The minimum absolute atomic E-state index is 0.0473. The molecule has 5 nitrogen and oxygen atoms in total. The van der Waals surface area contributed by atoms with Crippen LogP contribution in [0, 0.1) is 17.6 Å². The number of halogens is 2. The maximum Gasteiger partial charge on any atom is 0.315 e. The van der Waals surface area contributed by atoms with E-state index in [2.05, 4.69) is 10.6 Å². The number of amides is 2. The molecule has 0 aliphatic carbocycles. The number of anilines is 1. The van der Waals surface area contributed by atoms with Gasteiger partial charge in [-0.3, -0.25) is 0 Å². The van der Waals surface area contributed by atoms with Crippen LogP contribution in [0.3, 0.4) is 0 Å². The second-order valence-corrected chi connectivity index (χ2v) is 6.52. The summed E-state index contributed by atoms with van der Waals surface area (Å²) in [5, 5.41) is 5.83. The number of nitrogens with zero attached hydrogens (tertiary/aromatic N) is 1. The van der Waals surface area contributed by atoms with E-state index < -0.39 is 11.6 Å². The molecule has 3 rings (SSSR count). The number of benzene rings is 1. The van der Waals surface area contributed by atoms with E-state index in [9.17, 15) is 13.6 Å². The zero-order valence-corrected chi connectivity index (χ0v) is 13.7. The van der Waals surface area contributed by atoms with Crippen molar-refractivity contribution in [2.75, 3.05) is 31.1 Å². The van der Waals surface area contributed by atoms with Crippen LogP contribution in [0.5, 0.6) is 0 Å². The maximum absolute atomic E-state index is 13.3. The summed E-state index contributed by atoms with van der Waals surface area (Å²) >= 11 is 0. The van der Waals surface area contributed by atoms with E-state index in [1.54, 1.807) is 6.07 Å². The van der Waals surface area contributed by atoms with E-state index in [1.807, 2.05) is 11.8 Å². The number of urea groups is 1. The summed E-state index contributed by atoms with van der Waals surface area (Å²) in [6, 6.07) is 3.84. The molecule has 2 saturated heterocycles. The third-order valence-corrected chi connectivity index (χ3v) is 4.80. The fourth-order valence-corrected chi connectivity index (χ4v) is 3.29. The van der Waals surface area contributed by atoms with E-state index >= 15 is 0 Å². The molecule has 0 spiro atoms. The predicted molar refractivity (Wildman–Crippen MR) is 87.0 cm³/mol. The third-order valence-electron chi connectivity index (χ3n) is 4.80. The summed E-state index contributed by atoms with van der Waals surface area (Å²) in [6.07, 6.45) is 1.79. The molecule has 2 N–H and O–H groups in total. The van der Waals surface area contributed by atoms with Gasteiger partial charge in [-0.25, -0.2) is 13.6 Å². The van der Waals surface area contributed by atoms with Crippen LogP contribution in [0.15, 0.2) is 18.2 Å². The van der Waals surface area contributed by atoms with Gasteiger partial charge in [0.1, 0.15) is 0 Å². The number of ether oxygens (including phenoxy) is 1. The van der Waals surface area contributed by atoms with Gasteiger partial charge in [-0.2, -0.15) is 0 Å².